The van der Waals surface area contributed by atoms with Crippen LogP contribution in [0.3, 0.4) is 0 Å². The number of hydrogen-bond donors (Lipinski definition) is 2. The van der Waals surface area contributed by atoms with Crippen LogP contribution in [0.4, 0.5) is 18.0 Å². The number of hydrogen-bond acceptors (Lipinski definition) is 1. The van der Waals surface area contributed by atoms with Gasteiger partial charge < -0.3 is 11.1 Å². The van der Waals surface area contributed by atoms with Crippen molar-refractivity contribution in [2.45, 2.75) is 19.1 Å². The van der Waals surface area contributed by atoms with E-state index in [4.69, 9.17) is 0 Å². The lowest BCUT2D eigenvalue weighted by Gasteiger charge is -2.14. The summed E-state index contributed by atoms with van der Waals surface area (Å²) in [6, 6.07) is -3.06. The summed E-state index contributed by atoms with van der Waals surface area (Å²) in [6.07, 6.45) is -4.42. The van der Waals surface area contributed by atoms with Crippen molar-refractivity contribution in [1.82, 2.24) is 5.32 Å². The first-order valence-corrected chi connectivity index (χ1v) is 2.46. The van der Waals surface area contributed by atoms with Crippen LogP contribution in [0.5, 0.6) is 0 Å². The molecule has 0 saturated heterocycles. The summed E-state index contributed by atoms with van der Waals surface area (Å²) in [5.41, 5.74) is 4.44. The van der Waals surface area contributed by atoms with Gasteiger partial charge in [-0.3, -0.25) is 0 Å². The Labute approximate surface area is 55.4 Å². The van der Waals surface area contributed by atoms with Crippen LogP contribution in [-0.2, 0) is 0 Å². The van der Waals surface area contributed by atoms with Gasteiger partial charge in [-0.1, -0.05) is 0 Å². The number of halogens is 3. The largest absolute Gasteiger partial charge is 0.408 e. The second-order valence-corrected chi connectivity index (χ2v) is 1.77. The van der Waals surface area contributed by atoms with Crippen LogP contribution in [0, 0.1) is 0 Å². The number of primary amides is 1. The molecule has 0 aromatic rings. The third-order valence-electron chi connectivity index (χ3n) is 0.850. The summed E-state index contributed by atoms with van der Waals surface area (Å²) < 4.78 is 34.6. The van der Waals surface area contributed by atoms with Gasteiger partial charge in [0.2, 0.25) is 0 Å². The number of urea groups is 1. The van der Waals surface area contributed by atoms with E-state index in [9.17, 15) is 18.0 Å². The Balaban J connectivity index is 3.85. The quantitative estimate of drug-likeness (QED) is 0.574. The molecule has 2 amide bonds. The highest BCUT2D eigenvalue weighted by Crippen LogP contribution is 2.18. The maximum atomic E-state index is 11.5. The van der Waals surface area contributed by atoms with Crippen molar-refractivity contribution in [3.63, 3.8) is 0 Å². The van der Waals surface area contributed by atoms with Crippen molar-refractivity contribution in [3.8, 4) is 0 Å². The zero-order chi connectivity index (χ0) is 8.36. The summed E-state index contributed by atoms with van der Waals surface area (Å²) >= 11 is 0. The monoisotopic (exact) mass is 156 g/mol. The van der Waals surface area contributed by atoms with Crippen molar-refractivity contribution in [1.29, 1.82) is 0 Å². The van der Waals surface area contributed by atoms with Crippen LogP contribution in [0.2, 0.25) is 0 Å². The van der Waals surface area contributed by atoms with Crippen LogP contribution in [0.15, 0.2) is 0 Å². The van der Waals surface area contributed by atoms with Gasteiger partial charge in [0, 0.05) is 0 Å². The zero-order valence-electron chi connectivity index (χ0n) is 5.20. The van der Waals surface area contributed by atoms with Gasteiger partial charge in [0.15, 0.2) is 0 Å². The number of amides is 2. The minimum Gasteiger partial charge on any atom is -0.352 e. The van der Waals surface area contributed by atoms with Gasteiger partial charge >= 0.3 is 12.2 Å². The van der Waals surface area contributed by atoms with Crippen LogP contribution in [0.25, 0.3) is 0 Å². The van der Waals surface area contributed by atoms with Crippen LogP contribution in [0.1, 0.15) is 6.92 Å². The molecule has 0 aromatic carbocycles. The molecule has 0 fully saturated rings. The standard InChI is InChI=1S/C4H7F3N2O/c1-2(4(5,6)7)9-3(8)10/h2H,1H3,(H3,8,9,10)/t2-/m0/s1. The minimum absolute atomic E-state index is 0.810. The van der Waals surface area contributed by atoms with Gasteiger partial charge in [-0.2, -0.15) is 13.2 Å². The fourth-order valence-electron chi connectivity index (χ4n) is 0.295. The minimum atomic E-state index is -4.42. The molecule has 60 valence electrons. The normalized spacial score (nSPS) is 14.4. The van der Waals surface area contributed by atoms with Crippen molar-refractivity contribution >= 4 is 6.03 Å². The van der Waals surface area contributed by atoms with Crippen molar-refractivity contribution in [3.05, 3.63) is 0 Å². The first kappa shape index (κ1) is 9.06. The average Bonchev–Trinajstić information content (AvgIpc) is 1.60. The molecule has 0 aliphatic rings. The number of carbonyl (C=O) groups is 1. The van der Waals surface area contributed by atoms with Crippen molar-refractivity contribution < 1.29 is 18.0 Å². The third kappa shape index (κ3) is 3.16. The molecule has 1 atom stereocenters. The van der Waals surface area contributed by atoms with Gasteiger partial charge in [0.25, 0.3) is 0 Å². The van der Waals surface area contributed by atoms with Gasteiger partial charge in [-0.25, -0.2) is 4.79 Å². The van der Waals surface area contributed by atoms with E-state index in [1.54, 1.807) is 0 Å². The van der Waals surface area contributed by atoms with E-state index < -0.39 is 18.2 Å². The van der Waals surface area contributed by atoms with Crippen molar-refractivity contribution in [2.75, 3.05) is 0 Å². The first-order chi connectivity index (χ1) is 4.34. The molecule has 0 radical (unpaired) electrons. The molecule has 0 heterocycles. The van der Waals surface area contributed by atoms with E-state index in [1.807, 2.05) is 0 Å². The molecule has 0 bridgehead atoms. The van der Waals surface area contributed by atoms with Gasteiger partial charge in [-0.15, -0.1) is 0 Å². The Kier molecular flexibility index (Phi) is 2.50. The molecule has 0 aliphatic carbocycles. The number of carbonyl (C=O) groups excluding carboxylic acids is 1. The van der Waals surface area contributed by atoms with Crippen LogP contribution >= 0.6 is 0 Å². The highest BCUT2D eigenvalue weighted by molar-refractivity contribution is 5.71. The summed E-state index contributed by atoms with van der Waals surface area (Å²) in [4.78, 5) is 9.87. The maximum absolute atomic E-state index is 11.5. The zero-order valence-corrected chi connectivity index (χ0v) is 5.20. The molecular weight excluding hydrogens is 149 g/mol. The topological polar surface area (TPSA) is 55.1 Å². The lowest BCUT2D eigenvalue weighted by molar-refractivity contribution is -0.148. The fraction of sp³-hybridized carbons (Fsp3) is 0.750. The third-order valence-corrected chi connectivity index (χ3v) is 0.850. The molecule has 3 N–H and O–H groups in total. The summed E-state index contributed by atoms with van der Waals surface area (Å²) in [7, 11) is 0. The predicted octanol–water partition coefficient (Wildman–Crippen LogP) is 0.606. The van der Waals surface area contributed by atoms with E-state index in [0.717, 1.165) is 6.92 Å². The SMILES string of the molecule is C[C@H](NC(N)=O)C(F)(F)F. The van der Waals surface area contributed by atoms with Gasteiger partial charge in [-0.05, 0) is 6.92 Å². The Morgan fingerprint density at radius 1 is 1.60 bits per heavy atom. The Morgan fingerprint density at radius 3 is 2.10 bits per heavy atom. The van der Waals surface area contributed by atoms with E-state index >= 15 is 0 Å². The summed E-state index contributed by atoms with van der Waals surface area (Å²) in [6.45, 7) is 0.810. The number of alkyl halides is 3. The fourth-order valence-corrected chi connectivity index (χ4v) is 0.295. The predicted molar refractivity (Wildman–Crippen MR) is 28.2 cm³/mol. The molecule has 0 rings (SSSR count). The summed E-state index contributed by atoms with van der Waals surface area (Å²) in [5, 5.41) is 1.50. The molecule has 0 unspecified atom stereocenters. The molecule has 0 aromatic heterocycles. The van der Waals surface area contributed by atoms with E-state index in [2.05, 4.69) is 5.73 Å². The molecule has 0 saturated carbocycles. The molecule has 6 heteroatoms. The number of nitrogens with one attached hydrogen (secondary N) is 1. The van der Waals surface area contributed by atoms with E-state index in [0.29, 0.717) is 0 Å². The van der Waals surface area contributed by atoms with Crippen LogP contribution in [-0.4, -0.2) is 18.2 Å². The van der Waals surface area contributed by atoms with Crippen LogP contribution < -0.4 is 11.1 Å². The average molecular weight is 156 g/mol. The molecular formula is C4H7F3N2O. The highest BCUT2D eigenvalue weighted by Gasteiger charge is 2.36. The molecule has 3 nitrogen and oxygen atoms in total. The first-order valence-electron chi connectivity index (χ1n) is 2.46. The second-order valence-electron chi connectivity index (χ2n) is 1.77. The Morgan fingerprint density at radius 2 is 2.00 bits per heavy atom. The molecule has 0 spiro atoms. The van der Waals surface area contributed by atoms with E-state index in [1.165, 1.54) is 5.32 Å². The molecule has 10 heavy (non-hydrogen) atoms. The highest BCUT2D eigenvalue weighted by atomic mass is 19.4. The summed E-state index contributed by atoms with van der Waals surface area (Å²) in [5.74, 6) is 0. The Hall–Kier alpha value is -0.940. The van der Waals surface area contributed by atoms with Crippen molar-refractivity contribution in [2.24, 2.45) is 5.73 Å². The number of nitrogens with two attached hydrogens (primary N) is 1. The lowest BCUT2D eigenvalue weighted by Crippen LogP contribution is -2.45. The Bertz CT molecular complexity index is 133. The molecule has 0 aliphatic heterocycles. The lowest BCUT2D eigenvalue weighted by atomic mass is 10.3. The number of rotatable bonds is 1. The maximum Gasteiger partial charge on any atom is 0.408 e. The smallest absolute Gasteiger partial charge is 0.352 e. The van der Waals surface area contributed by atoms with Gasteiger partial charge in [0.05, 0.1) is 0 Å². The van der Waals surface area contributed by atoms with E-state index in [-0.39, 0.29) is 0 Å². The van der Waals surface area contributed by atoms with Gasteiger partial charge in [0.1, 0.15) is 6.04 Å². The second kappa shape index (κ2) is 2.76.